The zero-order valence-corrected chi connectivity index (χ0v) is 13.8. The zero-order chi connectivity index (χ0) is 14.4. The Kier molecular flexibility index (Phi) is 6.31. The average Bonchev–Trinajstić information content (AvgIpc) is 3.19. The Morgan fingerprint density at radius 1 is 1.35 bits per heavy atom. The van der Waals surface area contributed by atoms with E-state index in [1.807, 2.05) is 0 Å². The van der Waals surface area contributed by atoms with Gasteiger partial charge >= 0.3 is 0 Å². The highest BCUT2D eigenvalue weighted by molar-refractivity contribution is 4.92. The third-order valence-corrected chi connectivity index (χ3v) is 5.08. The smallest absolute Gasteiger partial charge is 0.0547 e. The molecular weight excluding hydrogens is 248 g/mol. The van der Waals surface area contributed by atoms with Gasteiger partial charge in [-0.05, 0) is 45.6 Å². The lowest BCUT2D eigenvalue weighted by Crippen LogP contribution is -2.48. The quantitative estimate of drug-likeness (QED) is 0.666. The molecule has 1 saturated carbocycles. The van der Waals surface area contributed by atoms with Gasteiger partial charge in [-0.15, -0.1) is 0 Å². The van der Waals surface area contributed by atoms with Crippen molar-refractivity contribution in [2.45, 2.75) is 71.4 Å². The minimum Gasteiger partial charge on any atom is -0.381 e. The largest absolute Gasteiger partial charge is 0.381 e. The Morgan fingerprint density at radius 3 is 2.70 bits per heavy atom. The molecule has 0 aromatic heterocycles. The molecular formula is C17H34N2O. The van der Waals surface area contributed by atoms with Crippen LogP contribution in [0.1, 0.15) is 59.3 Å². The Balaban J connectivity index is 1.91. The van der Waals surface area contributed by atoms with Gasteiger partial charge in [0.25, 0.3) is 0 Å². The highest BCUT2D eigenvalue weighted by atomic mass is 16.5. The second-order valence-corrected chi connectivity index (χ2v) is 7.04. The molecule has 1 aliphatic carbocycles. The fourth-order valence-electron chi connectivity index (χ4n) is 3.12. The number of hydrogen-bond donors (Lipinski definition) is 1. The van der Waals surface area contributed by atoms with Crippen molar-refractivity contribution in [2.24, 2.45) is 5.41 Å². The van der Waals surface area contributed by atoms with Gasteiger partial charge in [0.2, 0.25) is 0 Å². The van der Waals surface area contributed by atoms with Crippen molar-refractivity contribution in [2.75, 3.05) is 32.8 Å². The number of hydrogen-bond acceptors (Lipinski definition) is 3. The Labute approximate surface area is 125 Å². The molecule has 0 spiro atoms. The standard InChI is InChI=1S/C17H34N2O/c1-4-6-10-19(15(3)5-2)13-17(9-11-20-14-17)12-18-16-7-8-16/h15-16,18H,4-14H2,1-3H3. The molecule has 3 nitrogen and oxygen atoms in total. The third kappa shape index (κ3) is 4.71. The lowest BCUT2D eigenvalue weighted by molar-refractivity contribution is 0.0862. The summed E-state index contributed by atoms with van der Waals surface area (Å²) < 4.78 is 5.77. The van der Waals surface area contributed by atoms with E-state index >= 15 is 0 Å². The molecule has 20 heavy (non-hydrogen) atoms. The fraction of sp³-hybridized carbons (Fsp3) is 1.00. The van der Waals surface area contributed by atoms with Crippen LogP contribution in [0, 0.1) is 5.41 Å². The summed E-state index contributed by atoms with van der Waals surface area (Å²) in [7, 11) is 0. The number of nitrogens with zero attached hydrogens (tertiary/aromatic N) is 1. The molecule has 2 atom stereocenters. The fourth-order valence-corrected chi connectivity index (χ4v) is 3.12. The van der Waals surface area contributed by atoms with Gasteiger partial charge in [-0.25, -0.2) is 0 Å². The van der Waals surface area contributed by atoms with Crippen LogP contribution in [0.25, 0.3) is 0 Å². The summed E-state index contributed by atoms with van der Waals surface area (Å²) in [6.45, 7) is 12.5. The molecule has 0 bridgehead atoms. The molecule has 2 aliphatic rings. The summed E-state index contributed by atoms with van der Waals surface area (Å²) in [6.07, 6.45) is 7.83. The van der Waals surface area contributed by atoms with Crippen LogP contribution in [0.3, 0.4) is 0 Å². The van der Waals surface area contributed by atoms with Crippen LogP contribution in [0.15, 0.2) is 0 Å². The molecule has 0 aromatic carbocycles. The lowest BCUT2D eigenvalue weighted by Gasteiger charge is -2.37. The van der Waals surface area contributed by atoms with E-state index in [1.165, 1.54) is 51.6 Å². The van der Waals surface area contributed by atoms with Crippen molar-refractivity contribution in [3.05, 3.63) is 0 Å². The van der Waals surface area contributed by atoms with E-state index < -0.39 is 0 Å². The minimum atomic E-state index is 0.361. The van der Waals surface area contributed by atoms with Gasteiger partial charge in [0, 0.05) is 37.2 Å². The summed E-state index contributed by atoms with van der Waals surface area (Å²) >= 11 is 0. The molecule has 2 rings (SSSR count). The average molecular weight is 282 g/mol. The SMILES string of the molecule is CCCCN(CC1(CNC2CC2)CCOC1)C(C)CC. The van der Waals surface area contributed by atoms with Crippen LogP contribution in [-0.2, 0) is 4.74 Å². The van der Waals surface area contributed by atoms with Crippen molar-refractivity contribution in [1.29, 1.82) is 0 Å². The summed E-state index contributed by atoms with van der Waals surface area (Å²) in [5, 5.41) is 3.75. The van der Waals surface area contributed by atoms with E-state index in [2.05, 4.69) is 31.0 Å². The van der Waals surface area contributed by atoms with Crippen molar-refractivity contribution >= 4 is 0 Å². The van der Waals surface area contributed by atoms with E-state index in [-0.39, 0.29) is 0 Å². The first-order chi connectivity index (χ1) is 9.69. The van der Waals surface area contributed by atoms with Crippen LogP contribution in [-0.4, -0.2) is 49.8 Å². The van der Waals surface area contributed by atoms with Crippen LogP contribution in [0.5, 0.6) is 0 Å². The highest BCUT2D eigenvalue weighted by Gasteiger charge is 2.38. The van der Waals surface area contributed by atoms with E-state index in [4.69, 9.17) is 4.74 Å². The van der Waals surface area contributed by atoms with Crippen molar-refractivity contribution < 1.29 is 4.74 Å². The summed E-state index contributed by atoms with van der Waals surface area (Å²) in [5.74, 6) is 0. The molecule has 2 fully saturated rings. The molecule has 1 heterocycles. The summed E-state index contributed by atoms with van der Waals surface area (Å²) in [4.78, 5) is 2.72. The molecule has 2 unspecified atom stereocenters. The van der Waals surface area contributed by atoms with Crippen molar-refractivity contribution in [3.63, 3.8) is 0 Å². The van der Waals surface area contributed by atoms with E-state index in [0.717, 1.165) is 25.8 Å². The number of unbranched alkanes of at least 4 members (excludes halogenated alkanes) is 1. The normalized spacial score (nSPS) is 28.2. The first-order valence-corrected chi connectivity index (χ1v) is 8.74. The van der Waals surface area contributed by atoms with Gasteiger partial charge in [-0.2, -0.15) is 0 Å². The predicted molar refractivity (Wildman–Crippen MR) is 85.1 cm³/mol. The molecule has 1 aliphatic heterocycles. The van der Waals surface area contributed by atoms with Crippen molar-refractivity contribution in [3.8, 4) is 0 Å². The van der Waals surface area contributed by atoms with E-state index in [9.17, 15) is 0 Å². The maximum Gasteiger partial charge on any atom is 0.0547 e. The molecule has 118 valence electrons. The minimum absolute atomic E-state index is 0.361. The molecule has 1 N–H and O–H groups in total. The Hall–Kier alpha value is -0.120. The topological polar surface area (TPSA) is 24.5 Å². The predicted octanol–water partition coefficient (Wildman–Crippen LogP) is 3.05. The van der Waals surface area contributed by atoms with Gasteiger partial charge in [0.05, 0.1) is 6.61 Å². The summed E-state index contributed by atoms with van der Waals surface area (Å²) in [6, 6.07) is 1.50. The monoisotopic (exact) mass is 282 g/mol. The van der Waals surface area contributed by atoms with Crippen molar-refractivity contribution in [1.82, 2.24) is 10.2 Å². The molecule has 3 heteroatoms. The van der Waals surface area contributed by atoms with Crippen LogP contribution < -0.4 is 5.32 Å². The van der Waals surface area contributed by atoms with Gasteiger partial charge in [0.1, 0.15) is 0 Å². The number of ether oxygens (including phenoxy) is 1. The second kappa shape index (κ2) is 7.77. The van der Waals surface area contributed by atoms with Crippen LogP contribution in [0.4, 0.5) is 0 Å². The first-order valence-electron chi connectivity index (χ1n) is 8.74. The molecule has 0 radical (unpaired) electrons. The van der Waals surface area contributed by atoms with Gasteiger partial charge in [-0.3, -0.25) is 4.90 Å². The van der Waals surface area contributed by atoms with E-state index in [1.54, 1.807) is 0 Å². The highest BCUT2D eigenvalue weighted by Crippen LogP contribution is 2.31. The maximum absolute atomic E-state index is 5.77. The first kappa shape index (κ1) is 16.3. The van der Waals surface area contributed by atoms with E-state index in [0.29, 0.717) is 11.5 Å². The maximum atomic E-state index is 5.77. The van der Waals surface area contributed by atoms with Gasteiger partial charge < -0.3 is 10.1 Å². The second-order valence-electron chi connectivity index (χ2n) is 7.04. The van der Waals surface area contributed by atoms with Crippen LogP contribution >= 0.6 is 0 Å². The number of rotatable bonds is 10. The zero-order valence-electron chi connectivity index (χ0n) is 13.8. The Bertz CT molecular complexity index is 272. The Morgan fingerprint density at radius 2 is 2.15 bits per heavy atom. The lowest BCUT2D eigenvalue weighted by atomic mass is 9.85. The summed E-state index contributed by atoms with van der Waals surface area (Å²) in [5.41, 5.74) is 0.361. The molecule has 1 saturated heterocycles. The molecule has 0 aromatic rings. The van der Waals surface area contributed by atoms with Gasteiger partial charge in [0.15, 0.2) is 0 Å². The van der Waals surface area contributed by atoms with Crippen LogP contribution in [0.2, 0.25) is 0 Å². The third-order valence-electron chi connectivity index (χ3n) is 5.08. The van der Waals surface area contributed by atoms with Gasteiger partial charge in [-0.1, -0.05) is 20.3 Å². The molecule has 0 amide bonds. The number of nitrogens with one attached hydrogen (secondary N) is 1.